The third-order valence-electron chi connectivity index (χ3n) is 3.88. The average Bonchev–Trinajstić information content (AvgIpc) is 3.26. The van der Waals surface area contributed by atoms with Crippen LogP contribution in [0.1, 0.15) is 39.2 Å². The first kappa shape index (κ1) is 18.8. The van der Waals surface area contributed by atoms with Gasteiger partial charge in [-0.1, -0.05) is 32.9 Å². The molecule has 1 fully saturated rings. The lowest BCUT2D eigenvalue weighted by atomic mass is 9.87. The van der Waals surface area contributed by atoms with Crippen LogP contribution in [0.15, 0.2) is 24.3 Å². The number of amides is 1. The van der Waals surface area contributed by atoms with Crippen LogP contribution in [0.2, 0.25) is 0 Å². The lowest BCUT2D eigenvalue weighted by Gasteiger charge is -2.19. The molecular formula is C17H27ClN2O2. The summed E-state index contributed by atoms with van der Waals surface area (Å²) in [6, 6.07) is 8.01. The van der Waals surface area contributed by atoms with E-state index in [1.54, 1.807) is 0 Å². The Hall–Kier alpha value is -1.26. The van der Waals surface area contributed by atoms with E-state index in [-0.39, 0.29) is 36.4 Å². The van der Waals surface area contributed by atoms with E-state index >= 15 is 0 Å². The summed E-state index contributed by atoms with van der Waals surface area (Å²) >= 11 is 0. The van der Waals surface area contributed by atoms with Gasteiger partial charge in [0.1, 0.15) is 5.75 Å². The maximum Gasteiger partial charge on any atom is 0.258 e. The van der Waals surface area contributed by atoms with Crippen LogP contribution in [0.4, 0.5) is 0 Å². The smallest absolute Gasteiger partial charge is 0.258 e. The Morgan fingerprint density at radius 3 is 2.36 bits per heavy atom. The number of rotatable bonds is 6. The number of benzene rings is 1. The molecule has 1 aromatic rings. The first-order valence-electron chi connectivity index (χ1n) is 7.63. The van der Waals surface area contributed by atoms with Gasteiger partial charge in [0.2, 0.25) is 0 Å². The second-order valence-corrected chi connectivity index (χ2v) is 6.81. The van der Waals surface area contributed by atoms with E-state index in [0.29, 0.717) is 18.2 Å². The van der Waals surface area contributed by atoms with Gasteiger partial charge in [-0.15, -0.1) is 12.4 Å². The van der Waals surface area contributed by atoms with Gasteiger partial charge in [-0.25, -0.2) is 0 Å². The molecule has 1 aliphatic carbocycles. The average molecular weight is 327 g/mol. The summed E-state index contributed by atoms with van der Waals surface area (Å²) in [6.45, 7) is 7.04. The van der Waals surface area contributed by atoms with Crippen molar-refractivity contribution in [2.75, 3.05) is 13.2 Å². The van der Waals surface area contributed by atoms with Crippen LogP contribution in [0, 0.1) is 5.92 Å². The van der Waals surface area contributed by atoms with Crippen LogP contribution < -0.4 is 15.8 Å². The molecule has 1 unspecified atom stereocenters. The highest BCUT2D eigenvalue weighted by Crippen LogP contribution is 2.32. The fraction of sp³-hybridized carbons (Fsp3) is 0.588. The van der Waals surface area contributed by atoms with Crippen molar-refractivity contribution in [1.82, 2.24) is 5.32 Å². The molecule has 5 heteroatoms. The largest absolute Gasteiger partial charge is 0.484 e. The van der Waals surface area contributed by atoms with Crippen molar-refractivity contribution < 1.29 is 9.53 Å². The number of halogens is 1. The molecule has 1 atom stereocenters. The van der Waals surface area contributed by atoms with Crippen LogP contribution >= 0.6 is 12.4 Å². The Morgan fingerprint density at radius 2 is 1.91 bits per heavy atom. The minimum atomic E-state index is -0.0998. The number of carbonyl (C=O) groups is 1. The van der Waals surface area contributed by atoms with Crippen molar-refractivity contribution in [3.8, 4) is 5.75 Å². The van der Waals surface area contributed by atoms with Gasteiger partial charge in [0, 0.05) is 12.6 Å². The van der Waals surface area contributed by atoms with Crippen LogP contribution in [-0.4, -0.2) is 25.1 Å². The summed E-state index contributed by atoms with van der Waals surface area (Å²) in [5.74, 6) is 1.18. The van der Waals surface area contributed by atoms with Gasteiger partial charge < -0.3 is 15.8 Å². The molecule has 124 valence electrons. The van der Waals surface area contributed by atoms with Gasteiger partial charge >= 0.3 is 0 Å². The molecular weight excluding hydrogens is 300 g/mol. The Balaban J connectivity index is 0.00000242. The molecule has 0 aromatic heterocycles. The van der Waals surface area contributed by atoms with E-state index in [4.69, 9.17) is 10.5 Å². The highest BCUT2D eigenvalue weighted by atomic mass is 35.5. The van der Waals surface area contributed by atoms with E-state index < -0.39 is 0 Å². The Bertz CT molecular complexity index is 478. The number of hydrogen-bond acceptors (Lipinski definition) is 3. The molecule has 4 nitrogen and oxygen atoms in total. The van der Waals surface area contributed by atoms with Gasteiger partial charge in [0.25, 0.3) is 5.91 Å². The minimum Gasteiger partial charge on any atom is -0.484 e. The second kappa shape index (κ2) is 7.84. The van der Waals surface area contributed by atoms with Gasteiger partial charge in [-0.2, -0.15) is 0 Å². The molecule has 0 aliphatic heterocycles. The van der Waals surface area contributed by atoms with Gasteiger partial charge in [-0.3, -0.25) is 4.79 Å². The molecule has 0 spiro atoms. The van der Waals surface area contributed by atoms with E-state index in [9.17, 15) is 4.79 Å². The SMILES string of the molecule is CC(C)(C)c1ccc(OCC(=O)NC(CN)C2CC2)cc1.Cl. The quantitative estimate of drug-likeness (QED) is 0.844. The molecule has 3 N–H and O–H groups in total. The maximum absolute atomic E-state index is 11.9. The summed E-state index contributed by atoms with van der Waals surface area (Å²) in [4.78, 5) is 11.9. The van der Waals surface area contributed by atoms with Crippen molar-refractivity contribution in [2.24, 2.45) is 11.7 Å². The van der Waals surface area contributed by atoms with Crippen LogP contribution in [0.25, 0.3) is 0 Å². The zero-order chi connectivity index (χ0) is 15.5. The lowest BCUT2D eigenvalue weighted by molar-refractivity contribution is -0.123. The molecule has 2 rings (SSSR count). The number of ether oxygens (including phenoxy) is 1. The molecule has 22 heavy (non-hydrogen) atoms. The molecule has 0 radical (unpaired) electrons. The normalized spacial score (nSPS) is 15.6. The highest BCUT2D eigenvalue weighted by molar-refractivity contribution is 5.85. The van der Waals surface area contributed by atoms with Crippen molar-refractivity contribution in [1.29, 1.82) is 0 Å². The zero-order valence-electron chi connectivity index (χ0n) is 13.6. The third-order valence-corrected chi connectivity index (χ3v) is 3.88. The van der Waals surface area contributed by atoms with Gasteiger partial charge in [-0.05, 0) is 41.9 Å². The van der Waals surface area contributed by atoms with E-state index in [1.165, 1.54) is 5.56 Å². The minimum absolute atomic E-state index is 0. The molecule has 1 aromatic carbocycles. The molecule has 1 amide bonds. The van der Waals surface area contributed by atoms with Crippen molar-refractivity contribution >= 4 is 18.3 Å². The molecule has 1 aliphatic rings. The number of nitrogens with two attached hydrogens (primary N) is 1. The highest BCUT2D eigenvalue weighted by Gasteiger charge is 2.31. The Labute approximate surface area is 139 Å². The van der Waals surface area contributed by atoms with E-state index in [1.807, 2.05) is 24.3 Å². The van der Waals surface area contributed by atoms with Gasteiger partial charge in [0.05, 0.1) is 0 Å². The molecule has 0 saturated heterocycles. The fourth-order valence-electron chi connectivity index (χ4n) is 2.32. The predicted octanol–water partition coefficient (Wildman–Crippen LogP) is 2.64. The van der Waals surface area contributed by atoms with E-state index in [2.05, 4.69) is 26.1 Å². The number of carbonyl (C=O) groups excluding carboxylic acids is 1. The standard InChI is InChI=1S/C17H26N2O2.ClH/c1-17(2,3)13-6-8-14(9-7-13)21-11-16(20)19-15(10-18)12-4-5-12;/h6-9,12,15H,4-5,10-11,18H2,1-3H3,(H,19,20);1H. The predicted molar refractivity (Wildman–Crippen MR) is 91.6 cm³/mol. The topological polar surface area (TPSA) is 64.3 Å². The molecule has 0 heterocycles. The van der Waals surface area contributed by atoms with Crippen molar-refractivity contribution in [2.45, 2.75) is 45.1 Å². The monoisotopic (exact) mass is 326 g/mol. The summed E-state index contributed by atoms with van der Waals surface area (Å²) in [5.41, 5.74) is 7.04. The Kier molecular flexibility index (Phi) is 6.69. The second-order valence-electron chi connectivity index (χ2n) is 6.81. The van der Waals surface area contributed by atoms with E-state index in [0.717, 1.165) is 12.8 Å². The maximum atomic E-state index is 11.9. The first-order chi connectivity index (χ1) is 9.90. The van der Waals surface area contributed by atoms with Crippen LogP contribution in [0.5, 0.6) is 5.75 Å². The summed E-state index contributed by atoms with van der Waals surface area (Å²) in [7, 11) is 0. The van der Waals surface area contributed by atoms with Crippen molar-refractivity contribution in [3.63, 3.8) is 0 Å². The first-order valence-corrected chi connectivity index (χ1v) is 7.63. The fourth-order valence-corrected chi connectivity index (χ4v) is 2.32. The number of hydrogen-bond donors (Lipinski definition) is 2. The van der Waals surface area contributed by atoms with Crippen LogP contribution in [0.3, 0.4) is 0 Å². The lowest BCUT2D eigenvalue weighted by Crippen LogP contribution is -2.43. The Morgan fingerprint density at radius 1 is 1.32 bits per heavy atom. The third kappa shape index (κ3) is 5.50. The van der Waals surface area contributed by atoms with Crippen molar-refractivity contribution in [3.05, 3.63) is 29.8 Å². The van der Waals surface area contributed by atoms with Gasteiger partial charge in [0.15, 0.2) is 6.61 Å². The summed E-state index contributed by atoms with van der Waals surface area (Å²) in [6.07, 6.45) is 2.33. The zero-order valence-corrected chi connectivity index (χ0v) is 14.4. The van der Waals surface area contributed by atoms with Crippen LogP contribution in [-0.2, 0) is 10.2 Å². The number of nitrogens with one attached hydrogen (secondary N) is 1. The summed E-state index contributed by atoms with van der Waals surface area (Å²) in [5, 5.41) is 2.95. The molecule has 0 bridgehead atoms. The molecule has 1 saturated carbocycles. The summed E-state index contributed by atoms with van der Waals surface area (Å²) < 4.78 is 5.53.